The molecule has 0 unspecified atom stereocenters. The number of nitrogens with one attached hydrogen (secondary N) is 4. The van der Waals surface area contributed by atoms with Gasteiger partial charge in [0.1, 0.15) is 0 Å². The van der Waals surface area contributed by atoms with Gasteiger partial charge in [0.05, 0.1) is 57.6 Å². The van der Waals surface area contributed by atoms with E-state index in [4.69, 9.17) is 20.7 Å². The lowest BCUT2D eigenvalue weighted by Gasteiger charge is -2.04. The van der Waals surface area contributed by atoms with E-state index in [1.165, 1.54) is 13.8 Å². The maximum Gasteiger partial charge on any atom is 0.300 e. The summed E-state index contributed by atoms with van der Waals surface area (Å²) in [6, 6.07) is 19.9. The molecule has 4 aromatic heterocycles. The van der Waals surface area contributed by atoms with Crippen molar-refractivity contribution in [3.8, 4) is 11.4 Å². The molecular weight excluding hydrogens is 608 g/mol. The first-order chi connectivity index (χ1) is 22.8. The quantitative estimate of drug-likeness (QED) is 0.112. The number of amides is 2. The Morgan fingerprint density at radius 3 is 1.35 bits per heavy atom. The van der Waals surface area contributed by atoms with E-state index in [0.717, 1.165) is 51.2 Å². The number of aliphatic carboxylic acids is 1. The first-order valence-corrected chi connectivity index (χ1v) is 14.8. The molecule has 0 saturated carbocycles. The minimum atomic E-state index is -0.833. The number of carboxylic acid groups (broad SMARTS) is 1. The number of carbonyl (C=O) groups excluding carboxylic acids is 2. The Hall–Kier alpha value is -6.43. The van der Waals surface area contributed by atoms with Crippen LogP contribution >= 0.6 is 0 Å². The molecule has 2 aromatic carbocycles. The van der Waals surface area contributed by atoms with Gasteiger partial charge < -0.3 is 24.9 Å². The van der Waals surface area contributed by atoms with Gasteiger partial charge in [-0.05, 0) is 63.1 Å². The average Bonchev–Trinajstić information content (AvgIpc) is 3.62. The number of fused-ring (bicyclic) bond motifs is 2. The highest BCUT2D eigenvalue weighted by Gasteiger charge is 2.14. The van der Waals surface area contributed by atoms with Gasteiger partial charge in [0.2, 0.25) is 0 Å². The minimum Gasteiger partial charge on any atom is -0.481 e. The van der Waals surface area contributed by atoms with E-state index in [2.05, 4.69) is 20.6 Å². The second-order valence-electron chi connectivity index (χ2n) is 11.0. The molecule has 0 radical (unpaired) electrons. The Morgan fingerprint density at radius 2 is 1.00 bits per heavy atom. The van der Waals surface area contributed by atoms with E-state index in [-0.39, 0.29) is 23.5 Å². The van der Waals surface area contributed by atoms with Crippen molar-refractivity contribution in [3.05, 3.63) is 120 Å². The van der Waals surface area contributed by atoms with Crippen LogP contribution in [0.2, 0.25) is 0 Å². The molecular formula is C36H36N8O4. The first kappa shape index (κ1) is 34.4. The number of hydrogen-bond donors (Lipinski definition) is 5. The number of carbonyl (C=O) groups is 3. The third kappa shape index (κ3) is 8.85. The topological polar surface area (TPSA) is 179 Å². The zero-order chi connectivity index (χ0) is 35.0. The van der Waals surface area contributed by atoms with Gasteiger partial charge in [-0.25, -0.2) is 0 Å². The maximum absolute atomic E-state index is 12.1. The van der Waals surface area contributed by atoms with E-state index in [1.807, 2.05) is 96.0 Å². The summed E-state index contributed by atoms with van der Waals surface area (Å²) in [6.07, 6.45) is 10.9. The van der Waals surface area contributed by atoms with Gasteiger partial charge in [0, 0.05) is 42.5 Å². The fourth-order valence-electron chi connectivity index (χ4n) is 4.76. The van der Waals surface area contributed by atoms with Gasteiger partial charge in [-0.2, -0.15) is 0 Å². The monoisotopic (exact) mass is 644 g/mol. The van der Waals surface area contributed by atoms with Crippen molar-refractivity contribution >= 4 is 51.3 Å². The van der Waals surface area contributed by atoms with Gasteiger partial charge in [-0.15, -0.1) is 0 Å². The predicted octanol–water partition coefficient (Wildman–Crippen LogP) is 6.21. The number of pyridine rings is 2. The molecule has 0 aliphatic carbocycles. The third-order valence-corrected chi connectivity index (χ3v) is 6.89. The molecule has 0 fully saturated rings. The predicted molar refractivity (Wildman–Crippen MR) is 187 cm³/mol. The molecule has 0 bridgehead atoms. The molecule has 48 heavy (non-hydrogen) atoms. The molecule has 12 nitrogen and oxygen atoms in total. The summed E-state index contributed by atoms with van der Waals surface area (Å²) in [6.45, 7) is 7.91. The number of hydrogen-bond acceptors (Lipinski definition) is 7. The van der Waals surface area contributed by atoms with Gasteiger partial charge in [-0.1, -0.05) is 36.4 Å². The SMILES string of the molecule is CC(=N)NC(=O)c1cn(-c2cnc3ccccc3c2)cc1C.CC(=N)NC(=O)c1cn(-c2cnc3ccccc3c2)cc1C.CC(=O)O. The minimum absolute atomic E-state index is 0.129. The fourth-order valence-corrected chi connectivity index (χ4v) is 4.76. The summed E-state index contributed by atoms with van der Waals surface area (Å²) in [7, 11) is 0. The van der Waals surface area contributed by atoms with Crippen LogP contribution in [0.5, 0.6) is 0 Å². The zero-order valence-corrected chi connectivity index (χ0v) is 27.2. The smallest absolute Gasteiger partial charge is 0.300 e. The lowest BCUT2D eigenvalue weighted by atomic mass is 10.2. The van der Waals surface area contributed by atoms with Gasteiger partial charge in [0.25, 0.3) is 17.8 Å². The van der Waals surface area contributed by atoms with E-state index >= 15 is 0 Å². The average molecular weight is 645 g/mol. The zero-order valence-electron chi connectivity index (χ0n) is 27.2. The summed E-state index contributed by atoms with van der Waals surface area (Å²) < 4.78 is 3.76. The Kier molecular flexibility index (Phi) is 10.9. The summed E-state index contributed by atoms with van der Waals surface area (Å²) in [5.74, 6) is -1.11. The van der Waals surface area contributed by atoms with Crippen LogP contribution in [0.25, 0.3) is 33.2 Å². The molecule has 0 saturated heterocycles. The van der Waals surface area contributed by atoms with Gasteiger partial charge in [0.15, 0.2) is 0 Å². The number of nitrogens with zero attached hydrogens (tertiary/aromatic N) is 4. The van der Waals surface area contributed by atoms with Crippen molar-refractivity contribution in [1.29, 1.82) is 10.8 Å². The van der Waals surface area contributed by atoms with Crippen molar-refractivity contribution < 1.29 is 19.5 Å². The van der Waals surface area contributed by atoms with Crippen LogP contribution in [0.1, 0.15) is 52.6 Å². The Bertz CT molecular complexity index is 2010. The van der Waals surface area contributed by atoms with Gasteiger partial charge >= 0.3 is 0 Å². The van der Waals surface area contributed by atoms with Crippen LogP contribution in [-0.4, -0.2) is 53.7 Å². The molecule has 0 aliphatic heterocycles. The summed E-state index contributed by atoms with van der Waals surface area (Å²) >= 11 is 0. The van der Waals surface area contributed by atoms with E-state index in [0.29, 0.717) is 11.1 Å². The number of aryl methyl sites for hydroxylation is 2. The molecule has 244 valence electrons. The van der Waals surface area contributed by atoms with Crippen molar-refractivity contribution in [3.63, 3.8) is 0 Å². The largest absolute Gasteiger partial charge is 0.481 e. The first-order valence-electron chi connectivity index (χ1n) is 14.8. The molecule has 12 heteroatoms. The fraction of sp³-hybridized carbons (Fsp3) is 0.139. The molecule has 0 aliphatic rings. The maximum atomic E-state index is 12.1. The lowest BCUT2D eigenvalue weighted by Crippen LogP contribution is -2.27. The molecule has 6 rings (SSSR count). The van der Waals surface area contributed by atoms with Crippen molar-refractivity contribution in [1.82, 2.24) is 29.7 Å². The van der Waals surface area contributed by atoms with Crippen molar-refractivity contribution in [2.75, 3.05) is 0 Å². The van der Waals surface area contributed by atoms with E-state index in [9.17, 15) is 9.59 Å². The number of para-hydroxylation sites is 2. The summed E-state index contributed by atoms with van der Waals surface area (Å²) in [5, 5.41) is 29.2. The molecule has 6 aromatic rings. The Balaban J connectivity index is 0.000000195. The van der Waals surface area contributed by atoms with Crippen LogP contribution in [0, 0.1) is 24.7 Å². The molecule has 2 amide bonds. The van der Waals surface area contributed by atoms with Crippen LogP contribution in [0.15, 0.2) is 97.8 Å². The number of rotatable bonds is 4. The Labute approximate surface area is 277 Å². The Morgan fingerprint density at radius 1 is 0.646 bits per heavy atom. The molecule has 4 heterocycles. The van der Waals surface area contributed by atoms with Crippen LogP contribution in [0.4, 0.5) is 0 Å². The highest BCUT2D eigenvalue weighted by atomic mass is 16.4. The van der Waals surface area contributed by atoms with Crippen LogP contribution in [0.3, 0.4) is 0 Å². The van der Waals surface area contributed by atoms with Gasteiger partial charge in [-0.3, -0.25) is 35.2 Å². The number of aromatic nitrogens is 4. The van der Waals surface area contributed by atoms with E-state index < -0.39 is 5.97 Å². The van der Waals surface area contributed by atoms with Crippen molar-refractivity contribution in [2.24, 2.45) is 0 Å². The summed E-state index contributed by atoms with van der Waals surface area (Å²) in [5.41, 5.74) is 6.48. The second kappa shape index (κ2) is 15.2. The number of carboxylic acids is 1. The number of amidine groups is 2. The van der Waals surface area contributed by atoms with Crippen LogP contribution in [-0.2, 0) is 4.79 Å². The van der Waals surface area contributed by atoms with E-state index in [1.54, 1.807) is 24.8 Å². The normalized spacial score (nSPS) is 10.3. The van der Waals surface area contributed by atoms with Crippen molar-refractivity contribution in [2.45, 2.75) is 34.6 Å². The highest BCUT2D eigenvalue weighted by Crippen LogP contribution is 2.20. The molecule has 0 spiro atoms. The lowest BCUT2D eigenvalue weighted by molar-refractivity contribution is -0.134. The molecule has 5 N–H and O–H groups in total. The second-order valence-corrected chi connectivity index (χ2v) is 11.0. The number of benzene rings is 2. The van der Waals surface area contributed by atoms with Crippen LogP contribution < -0.4 is 10.6 Å². The highest BCUT2D eigenvalue weighted by molar-refractivity contribution is 6.06. The third-order valence-electron chi connectivity index (χ3n) is 6.89. The standard InChI is InChI=1S/2C17H16N4O.C2H4O2/c2*1-11-9-21(10-15(11)17(22)20-12(2)18)14-7-13-5-3-4-6-16(13)19-8-14;1-2(3)4/h2*3-10H,1-2H3,(H2,18,20,22);1H3,(H,3,4). The molecule has 0 atom stereocenters. The summed E-state index contributed by atoms with van der Waals surface area (Å²) in [4.78, 5) is 42.0.